The second kappa shape index (κ2) is 5.36. The minimum absolute atomic E-state index is 0.101. The minimum Gasteiger partial charge on any atom is -0.315 e. The molecule has 0 radical (unpaired) electrons. The van der Waals surface area contributed by atoms with E-state index in [1.165, 1.54) is 6.07 Å². The zero-order valence-corrected chi connectivity index (χ0v) is 12.3. The van der Waals surface area contributed by atoms with E-state index in [1.54, 1.807) is 18.2 Å². The van der Waals surface area contributed by atoms with Gasteiger partial charge in [-0.05, 0) is 35.7 Å². The predicted molar refractivity (Wildman–Crippen MR) is 81.1 cm³/mol. The van der Waals surface area contributed by atoms with Crippen LogP contribution in [-0.2, 0) is 11.8 Å². The van der Waals surface area contributed by atoms with Crippen LogP contribution in [-0.4, -0.2) is 13.1 Å². The minimum atomic E-state index is -0.203. The SMILES string of the molecule is Fc1cccc(C2(Cc3cccc(Cl)c3Cl)CNC2)c1. The molecule has 1 heterocycles. The Labute approximate surface area is 127 Å². The highest BCUT2D eigenvalue weighted by molar-refractivity contribution is 6.42. The Morgan fingerprint density at radius 2 is 1.85 bits per heavy atom. The monoisotopic (exact) mass is 309 g/mol. The van der Waals surface area contributed by atoms with Crippen molar-refractivity contribution in [1.82, 2.24) is 5.32 Å². The summed E-state index contributed by atoms with van der Waals surface area (Å²) in [6.07, 6.45) is 0.753. The first kappa shape index (κ1) is 13.9. The fourth-order valence-electron chi connectivity index (χ4n) is 2.73. The molecule has 2 aromatic carbocycles. The fourth-order valence-corrected chi connectivity index (χ4v) is 3.11. The third kappa shape index (κ3) is 2.44. The molecule has 0 aromatic heterocycles. The van der Waals surface area contributed by atoms with E-state index in [2.05, 4.69) is 5.32 Å². The maximum absolute atomic E-state index is 13.5. The summed E-state index contributed by atoms with van der Waals surface area (Å²) in [6.45, 7) is 1.64. The first-order valence-corrected chi connectivity index (χ1v) is 7.26. The van der Waals surface area contributed by atoms with Crippen LogP contribution in [0.4, 0.5) is 4.39 Å². The summed E-state index contributed by atoms with van der Waals surface area (Å²) in [5.41, 5.74) is 1.91. The van der Waals surface area contributed by atoms with Crippen LogP contribution in [0.25, 0.3) is 0 Å². The number of nitrogens with one attached hydrogen (secondary N) is 1. The van der Waals surface area contributed by atoms with Crippen LogP contribution < -0.4 is 5.32 Å². The second-order valence-electron chi connectivity index (χ2n) is 5.28. The Bertz CT molecular complexity index is 638. The van der Waals surface area contributed by atoms with Crippen LogP contribution in [0.5, 0.6) is 0 Å². The molecule has 4 heteroatoms. The molecule has 0 amide bonds. The van der Waals surface area contributed by atoms with Gasteiger partial charge in [0.05, 0.1) is 10.0 Å². The van der Waals surface area contributed by atoms with Crippen LogP contribution in [0.15, 0.2) is 42.5 Å². The van der Waals surface area contributed by atoms with Crippen molar-refractivity contribution in [2.24, 2.45) is 0 Å². The molecule has 1 aliphatic heterocycles. The van der Waals surface area contributed by atoms with E-state index in [-0.39, 0.29) is 11.2 Å². The molecule has 1 aliphatic rings. The highest BCUT2D eigenvalue weighted by Crippen LogP contribution is 2.36. The average Bonchev–Trinajstić information content (AvgIpc) is 2.38. The van der Waals surface area contributed by atoms with E-state index in [1.807, 2.05) is 18.2 Å². The van der Waals surface area contributed by atoms with Crippen LogP contribution >= 0.6 is 23.2 Å². The molecule has 1 N–H and O–H groups in total. The third-order valence-corrected chi connectivity index (χ3v) is 4.78. The van der Waals surface area contributed by atoms with Gasteiger partial charge in [0.25, 0.3) is 0 Å². The van der Waals surface area contributed by atoms with E-state index in [9.17, 15) is 4.39 Å². The topological polar surface area (TPSA) is 12.0 Å². The summed E-state index contributed by atoms with van der Waals surface area (Å²) in [7, 11) is 0. The normalized spacial score (nSPS) is 16.8. The lowest BCUT2D eigenvalue weighted by molar-refractivity contribution is 0.274. The van der Waals surface area contributed by atoms with Gasteiger partial charge in [-0.2, -0.15) is 0 Å². The molecular formula is C16H14Cl2FN. The van der Waals surface area contributed by atoms with Crippen LogP contribution in [0, 0.1) is 5.82 Å². The van der Waals surface area contributed by atoms with Crippen LogP contribution in [0.2, 0.25) is 10.0 Å². The number of hydrogen-bond acceptors (Lipinski definition) is 1. The first-order valence-electron chi connectivity index (χ1n) is 6.50. The van der Waals surface area contributed by atoms with E-state index in [4.69, 9.17) is 23.2 Å². The molecular weight excluding hydrogens is 296 g/mol. The van der Waals surface area contributed by atoms with Gasteiger partial charge >= 0.3 is 0 Å². The standard InChI is InChI=1S/C16H14Cl2FN/c17-14-6-1-3-11(15(14)18)8-16(9-20-10-16)12-4-2-5-13(19)7-12/h1-7,20H,8-10H2. The van der Waals surface area contributed by atoms with Gasteiger partial charge in [0.1, 0.15) is 5.82 Å². The molecule has 2 aromatic rings. The molecule has 0 spiro atoms. The summed E-state index contributed by atoms with van der Waals surface area (Å²) in [6, 6.07) is 12.5. The number of benzene rings is 2. The van der Waals surface area contributed by atoms with Crippen molar-refractivity contribution in [3.63, 3.8) is 0 Å². The zero-order valence-electron chi connectivity index (χ0n) is 10.8. The Hall–Kier alpha value is -1.09. The lowest BCUT2D eigenvalue weighted by Crippen LogP contribution is -2.58. The van der Waals surface area contributed by atoms with Crippen molar-refractivity contribution in [3.05, 3.63) is 69.5 Å². The van der Waals surface area contributed by atoms with Crippen molar-refractivity contribution in [2.75, 3.05) is 13.1 Å². The quantitative estimate of drug-likeness (QED) is 0.895. The summed E-state index contributed by atoms with van der Waals surface area (Å²) in [5.74, 6) is -0.203. The van der Waals surface area contributed by atoms with Crippen LogP contribution in [0.3, 0.4) is 0 Å². The molecule has 104 valence electrons. The van der Waals surface area contributed by atoms with Crippen molar-refractivity contribution in [3.8, 4) is 0 Å². The molecule has 3 rings (SSSR count). The summed E-state index contributed by atoms with van der Waals surface area (Å²) in [4.78, 5) is 0. The second-order valence-corrected chi connectivity index (χ2v) is 6.07. The van der Waals surface area contributed by atoms with Gasteiger partial charge in [-0.15, -0.1) is 0 Å². The Morgan fingerprint density at radius 3 is 2.50 bits per heavy atom. The van der Waals surface area contributed by atoms with Crippen LogP contribution in [0.1, 0.15) is 11.1 Å². The number of halogens is 3. The zero-order chi connectivity index (χ0) is 14.2. The maximum atomic E-state index is 13.5. The molecule has 1 saturated heterocycles. The lowest BCUT2D eigenvalue weighted by Gasteiger charge is -2.43. The van der Waals surface area contributed by atoms with Crippen molar-refractivity contribution < 1.29 is 4.39 Å². The highest BCUT2D eigenvalue weighted by atomic mass is 35.5. The van der Waals surface area contributed by atoms with Gasteiger partial charge < -0.3 is 5.32 Å². The van der Waals surface area contributed by atoms with Gasteiger partial charge in [0.15, 0.2) is 0 Å². The number of hydrogen-bond donors (Lipinski definition) is 1. The molecule has 0 bridgehead atoms. The van der Waals surface area contributed by atoms with E-state index in [0.29, 0.717) is 10.0 Å². The van der Waals surface area contributed by atoms with Gasteiger partial charge in [0.2, 0.25) is 0 Å². The summed E-state index contributed by atoms with van der Waals surface area (Å²) < 4.78 is 13.5. The van der Waals surface area contributed by atoms with Gasteiger partial charge in [-0.25, -0.2) is 4.39 Å². The first-order chi connectivity index (χ1) is 9.61. The third-order valence-electron chi connectivity index (χ3n) is 3.92. The van der Waals surface area contributed by atoms with Gasteiger partial charge in [0, 0.05) is 18.5 Å². The van der Waals surface area contributed by atoms with Gasteiger partial charge in [-0.3, -0.25) is 0 Å². The summed E-state index contributed by atoms with van der Waals surface area (Å²) in [5, 5.41) is 4.43. The Morgan fingerprint density at radius 1 is 1.10 bits per heavy atom. The molecule has 0 unspecified atom stereocenters. The summed E-state index contributed by atoms with van der Waals surface area (Å²) >= 11 is 12.3. The smallest absolute Gasteiger partial charge is 0.123 e. The Kier molecular flexibility index (Phi) is 3.72. The van der Waals surface area contributed by atoms with E-state index in [0.717, 1.165) is 30.6 Å². The van der Waals surface area contributed by atoms with Crippen molar-refractivity contribution in [2.45, 2.75) is 11.8 Å². The van der Waals surface area contributed by atoms with E-state index < -0.39 is 0 Å². The average molecular weight is 310 g/mol. The maximum Gasteiger partial charge on any atom is 0.123 e. The molecule has 1 nitrogen and oxygen atoms in total. The predicted octanol–water partition coefficient (Wildman–Crippen LogP) is 4.22. The van der Waals surface area contributed by atoms with Crippen molar-refractivity contribution in [1.29, 1.82) is 0 Å². The van der Waals surface area contributed by atoms with Gasteiger partial charge in [-0.1, -0.05) is 47.5 Å². The molecule has 20 heavy (non-hydrogen) atoms. The highest BCUT2D eigenvalue weighted by Gasteiger charge is 2.39. The van der Waals surface area contributed by atoms with E-state index >= 15 is 0 Å². The number of rotatable bonds is 3. The molecule has 0 saturated carbocycles. The molecule has 1 fully saturated rings. The fraction of sp³-hybridized carbons (Fsp3) is 0.250. The Balaban J connectivity index is 1.96. The lowest BCUT2D eigenvalue weighted by atomic mass is 9.71. The largest absolute Gasteiger partial charge is 0.315 e. The molecule has 0 aliphatic carbocycles. The molecule has 0 atom stereocenters. The van der Waals surface area contributed by atoms with Crippen molar-refractivity contribution >= 4 is 23.2 Å².